The quantitative estimate of drug-likeness (QED) is 0.870. The van der Waals surface area contributed by atoms with Crippen molar-refractivity contribution in [2.45, 2.75) is 23.8 Å². The van der Waals surface area contributed by atoms with Gasteiger partial charge in [-0.1, -0.05) is 11.6 Å². The highest BCUT2D eigenvalue weighted by molar-refractivity contribution is 7.89. The molecule has 0 unspecified atom stereocenters. The van der Waals surface area contributed by atoms with Crippen molar-refractivity contribution in [3.8, 4) is 0 Å². The maximum Gasteiger partial charge on any atom is 0.337 e. The number of sulfonamides is 1. The van der Waals surface area contributed by atoms with E-state index in [1.54, 1.807) is 0 Å². The Morgan fingerprint density at radius 3 is 2.57 bits per heavy atom. The Morgan fingerprint density at radius 2 is 2.00 bits per heavy atom. The second-order valence-corrected chi connectivity index (χ2v) is 7.35. The molecule has 1 fully saturated rings. The molecule has 1 aromatic carbocycles. The molecule has 8 heteroatoms. The number of benzene rings is 1. The van der Waals surface area contributed by atoms with E-state index in [4.69, 9.17) is 16.7 Å². The monoisotopic (exact) mass is 332 g/mol. The molecule has 1 heterocycles. The van der Waals surface area contributed by atoms with Crippen molar-refractivity contribution in [1.29, 1.82) is 0 Å². The van der Waals surface area contributed by atoms with Gasteiger partial charge in [-0.15, -0.1) is 0 Å². The van der Waals surface area contributed by atoms with Gasteiger partial charge in [0.2, 0.25) is 10.0 Å². The zero-order valence-electron chi connectivity index (χ0n) is 11.5. The molecular formula is C13H17ClN2O4S. The minimum absolute atomic E-state index is 0.0194. The van der Waals surface area contributed by atoms with Crippen molar-refractivity contribution in [3.63, 3.8) is 0 Å². The molecule has 21 heavy (non-hydrogen) atoms. The highest BCUT2D eigenvalue weighted by Crippen LogP contribution is 2.25. The van der Waals surface area contributed by atoms with Gasteiger partial charge in [0.15, 0.2) is 0 Å². The van der Waals surface area contributed by atoms with Gasteiger partial charge in [0.1, 0.15) is 0 Å². The second kappa shape index (κ2) is 6.31. The molecule has 1 aromatic rings. The van der Waals surface area contributed by atoms with Crippen LogP contribution in [0.15, 0.2) is 23.1 Å². The molecule has 6 nitrogen and oxygen atoms in total. The van der Waals surface area contributed by atoms with E-state index in [0.29, 0.717) is 0 Å². The topological polar surface area (TPSA) is 86.7 Å². The molecule has 0 bridgehead atoms. The van der Waals surface area contributed by atoms with E-state index in [2.05, 4.69) is 5.32 Å². The van der Waals surface area contributed by atoms with Crippen molar-refractivity contribution in [3.05, 3.63) is 28.8 Å². The van der Waals surface area contributed by atoms with E-state index in [0.717, 1.165) is 32.0 Å². The van der Waals surface area contributed by atoms with Crippen LogP contribution in [0.4, 0.5) is 0 Å². The van der Waals surface area contributed by atoms with Gasteiger partial charge in [-0.3, -0.25) is 0 Å². The van der Waals surface area contributed by atoms with Crippen LogP contribution < -0.4 is 5.32 Å². The maximum atomic E-state index is 12.6. The van der Waals surface area contributed by atoms with Gasteiger partial charge >= 0.3 is 5.97 Å². The van der Waals surface area contributed by atoms with Gasteiger partial charge < -0.3 is 10.4 Å². The first kappa shape index (κ1) is 16.2. The van der Waals surface area contributed by atoms with E-state index in [9.17, 15) is 13.2 Å². The molecule has 0 amide bonds. The molecule has 0 saturated carbocycles. The van der Waals surface area contributed by atoms with Crippen LogP contribution in [-0.4, -0.2) is 50.0 Å². The van der Waals surface area contributed by atoms with Crippen molar-refractivity contribution in [1.82, 2.24) is 9.62 Å². The summed E-state index contributed by atoms with van der Waals surface area (Å²) >= 11 is 5.77. The van der Waals surface area contributed by atoms with Crippen LogP contribution in [-0.2, 0) is 10.0 Å². The van der Waals surface area contributed by atoms with Crippen LogP contribution in [0.25, 0.3) is 0 Å². The fourth-order valence-corrected chi connectivity index (χ4v) is 4.00. The molecule has 1 aliphatic heterocycles. The number of carbonyl (C=O) groups is 1. The van der Waals surface area contributed by atoms with E-state index >= 15 is 0 Å². The standard InChI is InChI=1S/C13H17ClN2O4S/c1-16(9-4-6-15-7-5-9)21(19,20)10-2-3-12(14)11(8-10)13(17)18/h2-3,8-9,15H,4-7H2,1H3,(H,17,18). The van der Waals surface area contributed by atoms with Crippen molar-refractivity contribution in [2.24, 2.45) is 0 Å². The number of piperidine rings is 1. The molecule has 2 rings (SSSR count). The summed E-state index contributed by atoms with van der Waals surface area (Å²) in [4.78, 5) is 11.0. The lowest BCUT2D eigenvalue weighted by molar-refractivity contribution is 0.0697. The van der Waals surface area contributed by atoms with Crippen molar-refractivity contribution < 1.29 is 18.3 Å². The average Bonchev–Trinajstić information content (AvgIpc) is 2.47. The SMILES string of the molecule is CN(C1CCNCC1)S(=O)(=O)c1ccc(Cl)c(C(=O)O)c1. The van der Waals surface area contributed by atoms with E-state index in [1.165, 1.54) is 23.5 Å². The molecule has 0 aromatic heterocycles. The van der Waals surface area contributed by atoms with Gasteiger partial charge in [0.25, 0.3) is 0 Å². The summed E-state index contributed by atoms with van der Waals surface area (Å²) in [5, 5.41) is 12.2. The van der Waals surface area contributed by atoms with Crippen molar-refractivity contribution in [2.75, 3.05) is 20.1 Å². The predicted octanol–water partition coefficient (Wildman–Crippen LogP) is 1.41. The lowest BCUT2D eigenvalue weighted by Gasteiger charge is -2.30. The van der Waals surface area contributed by atoms with Crippen LogP contribution in [0.3, 0.4) is 0 Å². The summed E-state index contributed by atoms with van der Waals surface area (Å²) in [6, 6.07) is 3.66. The third-order valence-electron chi connectivity index (χ3n) is 3.67. The molecule has 1 aliphatic rings. The number of carboxylic acid groups (broad SMARTS) is 1. The summed E-state index contributed by atoms with van der Waals surface area (Å²) < 4.78 is 26.5. The highest BCUT2D eigenvalue weighted by Gasteiger charge is 2.29. The van der Waals surface area contributed by atoms with E-state index in [-0.39, 0.29) is 21.5 Å². The lowest BCUT2D eigenvalue weighted by atomic mass is 10.1. The summed E-state index contributed by atoms with van der Waals surface area (Å²) in [6.07, 6.45) is 1.46. The van der Waals surface area contributed by atoms with E-state index < -0.39 is 16.0 Å². The summed E-state index contributed by atoms with van der Waals surface area (Å²) in [6.45, 7) is 1.54. The largest absolute Gasteiger partial charge is 0.478 e. The van der Waals surface area contributed by atoms with Gasteiger partial charge in [-0.05, 0) is 44.1 Å². The molecule has 0 radical (unpaired) electrons. The first-order valence-electron chi connectivity index (χ1n) is 6.55. The normalized spacial score (nSPS) is 17.1. The third kappa shape index (κ3) is 3.37. The Balaban J connectivity index is 2.34. The summed E-state index contributed by atoms with van der Waals surface area (Å²) in [7, 11) is -2.20. The highest BCUT2D eigenvalue weighted by atomic mass is 35.5. The average molecular weight is 333 g/mol. The van der Waals surface area contributed by atoms with Crippen molar-refractivity contribution >= 4 is 27.6 Å². The molecule has 116 valence electrons. The zero-order valence-corrected chi connectivity index (χ0v) is 13.1. The molecule has 0 spiro atoms. The molecular weight excluding hydrogens is 316 g/mol. The van der Waals surface area contributed by atoms with Gasteiger partial charge in [-0.25, -0.2) is 13.2 Å². The predicted molar refractivity (Wildman–Crippen MR) is 79.3 cm³/mol. The Hall–Kier alpha value is -1.15. The van der Waals surface area contributed by atoms with Crippen LogP contribution in [0.1, 0.15) is 23.2 Å². The number of carboxylic acids is 1. The lowest BCUT2D eigenvalue weighted by Crippen LogP contribution is -2.43. The number of nitrogens with zero attached hydrogens (tertiary/aromatic N) is 1. The van der Waals surface area contributed by atoms with E-state index in [1.807, 2.05) is 0 Å². The minimum Gasteiger partial charge on any atom is -0.478 e. The Morgan fingerprint density at radius 1 is 1.38 bits per heavy atom. The first-order valence-corrected chi connectivity index (χ1v) is 8.37. The fraction of sp³-hybridized carbons (Fsp3) is 0.462. The molecule has 1 saturated heterocycles. The maximum absolute atomic E-state index is 12.6. The van der Waals surface area contributed by atoms with Crippen LogP contribution in [0.5, 0.6) is 0 Å². The Labute approximate surface area is 128 Å². The number of aromatic carboxylic acids is 1. The Kier molecular flexibility index (Phi) is 4.88. The number of rotatable bonds is 4. The van der Waals surface area contributed by atoms with Crippen LogP contribution in [0.2, 0.25) is 5.02 Å². The Bertz CT molecular complexity index is 642. The second-order valence-electron chi connectivity index (χ2n) is 4.95. The minimum atomic E-state index is -3.73. The third-order valence-corrected chi connectivity index (χ3v) is 5.90. The number of halogens is 1. The summed E-state index contributed by atoms with van der Waals surface area (Å²) in [5.74, 6) is -1.25. The number of hydrogen-bond donors (Lipinski definition) is 2. The van der Waals surface area contributed by atoms with Crippen LogP contribution >= 0.6 is 11.6 Å². The smallest absolute Gasteiger partial charge is 0.337 e. The number of hydrogen-bond acceptors (Lipinski definition) is 4. The molecule has 0 atom stereocenters. The molecule has 0 aliphatic carbocycles. The van der Waals surface area contributed by atoms with Crippen LogP contribution in [0, 0.1) is 0 Å². The first-order chi connectivity index (χ1) is 9.84. The molecule has 2 N–H and O–H groups in total. The summed E-state index contributed by atoms with van der Waals surface area (Å²) in [5.41, 5.74) is -0.212. The fourth-order valence-electron chi connectivity index (χ4n) is 2.36. The zero-order chi connectivity index (χ0) is 15.6. The number of nitrogens with one attached hydrogen (secondary N) is 1. The van der Waals surface area contributed by atoms with Gasteiger partial charge in [0.05, 0.1) is 15.5 Å². The van der Waals surface area contributed by atoms with Gasteiger partial charge in [-0.2, -0.15) is 4.31 Å². The van der Waals surface area contributed by atoms with Gasteiger partial charge in [0, 0.05) is 13.1 Å².